The van der Waals surface area contributed by atoms with Crippen LogP contribution < -0.4 is 10.7 Å². The number of para-hydroxylation sites is 1. The van der Waals surface area contributed by atoms with Crippen LogP contribution in [0.4, 0.5) is 0 Å². The smallest absolute Gasteiger partial charge is 0.222 e. The van der Waals surface area contributed by atoms with E-state index in [4.69, 9.17) is 0 Å². The van der Waals surface area contributed by atoms with Gasteiger partial charge in [-0.05, 0) is 25.5 Å². The van der Waals surface area contributed by atoms with Crippen molar-refractivity contribution in [1.29, 1.82) is 0 Å². The van der Waals surface area contributed by atoms with Crippen LogP contribution in [0.15, 0.2) is 35.3 Å². The molecule has 0 saturated heterocycles. The molecule has 21 heavy (non-hydrogen) atoms. The van der Waals surface area contributed by atoms with Gasteiger partial charge < -0.3 is 5.32 Å². The van der Waals surface area contributed by atoms with Crippen LogP contribution in [-0.2, 0) is 11.3 Å². The second-order valence-corrected chi connectivity index (χ2v) is 5.26. The lowest BCUT2D eigenvalue weighted by molar-refractivity contribution is -0.122. The number of amides is 1. The molecule has 0 radical (unpaired) electrons. The first kappa shape index (κ1) is 15.2. The molecule has 1 N–H and O–H groups in total. The lowest BCUT2D eigenvalue weighted by Crippen LogP contribution is -2.33. The second-order valence-electron chi connectivity index (χ2n) is 5.26. The topological polar surface area (TPSA) is 64.0 Å². The minimum Gasteiger partial charge on any atom is -0.354 e. The molecule has 5 heteroatoms. The number of carbonyl (C=O) groups excluding carboxylic acids is 1. The van der Waals surface area contributed by atoms with E-state index in [1.807, 2.05) is 25.1 Å². The van der Waals surface area contributed by atoms with Gasteiger partial charge in [-0.25, -0.2) is 0 Å². The van der Waals surface area contributed by atoms with E-state index >= 15 is 0 Å². The molecular formula is C16H21N3O2. The predicted molar refractivity (Wildman–Crippen MR) is 83.1 cm³/mol. The summed E-state index contributed by atoms with van der Waals surface area (Å²) >= 11 is 0. The molecule has 5 nitrogen and oxygen atoms in total. The SMILES string of the molecule is CCCC(C)NC(=O)CCn1ncc(=O)c2ccccc21. The average Bonchev–Trinajstić information content (AvgIpc) is 2.47. The number of nitrogens with zero attached hydrogens (tertiary/aromatic N) is 2. The maximum absolute atomic E-state index is 11.9. The Hall–Kier alpha value is -2.17. The molecule has 0 saturated carbocycles. The van der Waals surface area contributed by atoms with E-state index in [1.54, 1.807) is 10.7 Å². The highest BCUT2D eigenvalue weighted by Gasteiger charge is 2.08. The van der Waals surface area contributed by atoms with Gasteiger partial charge in [-0.2, -0.15) is 5.10 Å². The van der Waals surface area contributed by atoms with Gasteiger partial charge in [0.1, 0.15) is 0 Å². The first-order valence-electron chi connectivity index (χ1n) is 7.36. The van der Waals surface area contributed by atoms with Crippen LogP contribution in [-0.4, -0.2) is 21.7 Å². The highest BCUT2D eigenvalue weighted by Crippen LogP contribution is 2.08. The molecule has 0 aliphatic carbocycles. The minimum absolute atomic E-state index is 0.0144. The molecule has 0 fully saturated rings. The van der Waals surface area contributed by atoms with Crippen LogP contribution in [0.25, 0.3) is 10.9 Å². The van der Waals surface area contributed by atoms with Crippen molar-refractivity contribution < 1.29 is 4.79 Å². The number of rotatable bonds is 6. The minimum atomic E-state index is -0.0946. The van der Waals surface area contributed by atoms with E-state index in [0.717, 1.165) is 18.4 Å². The summed E-state index contributed by atoms with van der Waals surface area (Å²) in [5.74, 6) is 0.0144. The lowest BCUT2D eigenvalue weighted by Gasteiger charge is -2.13. The number of aryl methyl sites for hydroxylation is 1. The van der Waals surface area contributed by atoms with E-state index in [0.29, 0.717) is 18.4 Å². The van der Waals surface area contributed by atoms with Crippen LogP contribution in [0.3, 0.4) is 0 Å². The highest BCUT2D eigenvalue weighted by atomic mass is 16.1. The Labute approximate surface area is 124 Å². The lowest BCUT2D eigenvalue weighted by atomic mass is 10.2. The molecule has 1 unspecified atom stereocenters. The zero-order valence-corrected chi connectivity index (χ0v) is 12.5. The third-order valence-corrected chi connectivity index (χ3v) is 3.44. The van der Waals surface area contributed by atoms with Crippen molar-refractivity contribution in [2.45, 2.75) is 45.7 Å². The molecule has 1 aromatic heterocycles. The number of benzene rings is 1. The number of hydrogen-bond donors (Lipinski definition) is 1. The maximum atomic E-state index is 11.9. The van der Waals surface area contributed by atoms with Crippen molar-refractivity contribution in [2.24, 2.45) is 0 Å². The van der Waals surface area contributed by atoms with Crippen LogP contribution >= 0.6 is 0 Å². The van der Waals surface area contributed by atoms with Crippen molar-refractivity contribution >= 4 is 16.8 Å². The van der Waals surface area contributed by atoms with Crippen LogP contribution in [0.2, 0.25) is 0 Å². The first-order chi connectivity index (χ1) is 10.1. The number of fused-ring (bicyclic) bond motifs is 1. The fraction of sp³-hybridized carbons (Fsp3) is 0.438. The molecule has 0 aliphatic rings. The Kier molecular flexibility index (Phi) is 5.09. The first-order valence-corrected chi connectivity index (χ1v) is 7.36. The fourth-order valence-electron chi connectivity index (χ4n) is 2.40. The van der Waals surface area contributed by atoms with E-state index < -0.39 is 0 Å². The van der Waals surface area contributed by atoms with Crippen LogP contribution in [0.1, 0.15) is 33.1 Å². The summed E-state index contributed by atoms with van der Waals surface area (Å²) in [5.41, 5.74) is 0.669. The molecule has 2 rings (SSSR count). The van der Waals surface area contributed by atoms with Crippen molar-refractivity contribution in [3.05, 3.63) is 40.7 Å². The van der Waals surface area contributed by atoms with Gasteiger partial charge in [0.2, 0.25) is 11.3 Å². The normalized spacial score (nSPS) is 12.3. The largest absolute Gasteiger partial charge is 0.354 e. The van der Waals surface area contributed by atoms with Gasteiger partial charge in [0.15, 0.2) is 0 Å². The Morgan fingerprint density at radius 2 is 2.14 bits per heavy atom. The number of hydrogen-bond acceptors (Lipinski definition) is 3. The molecular weight excluding hydrogens is 266 g/mol. The van der Waals surface area contributed by atoms with Crippen molar-refractivity contribution in [3.8, 4) is 0 Å². The molecule has 0 aliphatic heterocycles. The molecule has 1 aromatic carbocycles. The predicted octanol–water partition coefficient (Wildman–Crippen LogP) is 2.09. The third kappa shape index (κ3) is 3.90. The van der Waals surface area contributed by atoms with Gasteiger partial charge >= 0.3 is 0 Å². The summed E-state index contributed by atoms with van der Waals surface area (Å²) in [5, 5.41) is 7.72. The molecule has 2 aromatic rings. The Bertz CT molecular complexity index is 679. The molecule has 1 amide bonds. The van der Waals surface area contributed by atoms with Crippen molar-refractivity contribution in [3.63, 3.8) is 0 Å². The summed E-state index contributed by atoms with van der Waals surface area (Å²) in [4.78, 5) is 23.6. The quantitative estimate of drug-likeness (QED) is 0.885. The van der Waals surface area contributed by atoms with E-state index in [1.165, 1.54) is 6.20 Å². The third-order valence-electron chi connectivity index (χ3n) is 3.44. The monoisotopic (exact) mass is 287 g/mol. The maximum Gasteiger partial charge on any atom is 0.222 e. The van der Waals surface area contributed by atoms with E-state index in [9.17, 15) is 9.59 Å². The second kappa shape index (κ2) is 7.02. The summed E-state index contributed by atoms with van der Waals surface area (Å²) in [6.07, 6.45) is 3.69. The van der Waals surface area contributed by atoms with Gasteiger partial charge in [0.25, 0.3) is 0 Å². The van der Waals surface area contributed by atoms with Gasteiger partial charge in [-0.1, -0.05) is 25.5 Å². The summed E-state index contributed by atoms with van der Waals surface area (Å²) in [7, 11) is 0. The molecule has 112 valence electrons. The van der Waals surface area contributed by atoms with Crippen LogP contribution in [0.5, 0.6) is 0 Å². The van der Waals surface area contributed by atoms with Gasteiger partial charge in [0.05, 0.1) is 18.3 Å². The number of aromatic nitrogens is 2. The van der Waals surface area contributed by atoms with Crippen molar-refractivity contribution in [1.82, 2.24) is 15.1 Å². The zero-order valence-electron chi connectivity index (χ0n) is 12.5. The molecule has 1 heterocycles. The Morgan fingerprint density at radius 3 is 2.90 bits per heavy atom. The molecule has 0 spiro atoms. The van der Waals surface area contributed by atoms with Crippen LogP contribution in [0, 0.1) is 0 Å². The van der Waals surface area contributed by atoms with Gasteiger partial charge in [-0.3, -0.25) is 14.3 Å². The Balaban J connectivity index is 2.06. The fourth-order valence-corrected chi connectivity index (χ4v) is 2.40. The molecule has 0 bridgehead atoms. The highest BCUT2D eigenvalue weighted by molar-refractivity contribution is 5.79. The van der Waals surface area contributed by atoms with Crippen molar-refractivity contribution in [2.75, 3.05) is 0 Å². The van der Waals surface area contributed by atoms with Gasteiger partial charge in [-0.15, -0.1) is 0 Å². The van der Waals surface area contributed by atoms with E-state index in [-0.39, 0.29) is 17.4 Å². The average molecular weight is 287 g/mol. The van der Waals surface area contributed by atoms with E-state index in [2.05, 4.69) is 17.3 Å². The molecule has 1 atom stereocenters. The summed E-state index contributed by atoms with van der Waals surface area (Å²) in [6.45, 7) is 4.57. The summed E-state index contributed by atoms with van der Waals surface area (Å²) in [6, 6.07) is 7.51. The summed E-state index contributed by atoms with van der Waals surface area (Å²) < 4.78 is 1.71. The number of nitrogens with one attached hydrogen (secondary N) is 1. The Morgan fingerprint density at radius 1 is 1.38 bits per heavy atom. The van der Waals surface area contributed by atoms with Gasteiger partial charge in [0, 0.05) is 17.8 Å². The standard InChI is InChI=1S/C16H21N3O2/c1-3-6-12(2)18-16(21)9-10-19-14-8-5-4-7-13(14)15(20)11-17-19/h4-5,7-8,11-12H,3,6,9-10H2,1-2H3,(H,18,21). The number of carbonyl (C=O) groups is 1. The zero-order chi connectivity index (χ0) is 15.2.